The van der Waals surface area contributed by atoms with E-state index in [-0.39, 0.29) is 12.4 Å². The lowest BCUT2D eigenvalue weighted by Crippen LogP contribution is -2.04. The van der Waals surface area contributed by atoms with E-state index in [1.54, 1.807) is 29.5 Å². The van der Waals surface area contributed by atoms with Gasteiger partial charge in [-0.2, -0.15) is 0 Å². The Hall–Kier alpha value is -1.30. The molecular weight excluding hydrogens is 251 g/mol. The number of rotatable bonds is 6. The summed E-state index contributed by atoms with van der Waals surface area (Å²) >= 11 is 1.60. The highest BCUT2D eigenvalue weighted by atomic mass is 32.1. The van der Waals surface area contributed by atoms with E-state index in [1.165, 1.54) is 6.07 Å². The van der Waals surface area contributed by atoms with Crippen molar-refractivity contribution < 1.29 is 9.13 Å². The van der Waals surface area contributed by atoms with Crippen LogP contribution in [-0.4, -0.2) is 12.0 Å². The first-order valence-electron chi connectivity index (χ1n) is 5.68. The molecule has 5 heteroatoms. The summed E-state index contributed by atoms with van der Waals surface area (Å²) in [4.78, 5) is 4.39. The Morgan fingerprint density at radius 3 is 2.94 bits per heavy atom. The third kappa shape index (κ3) is 3.60. The number of halogens is 1. The van der Waals surface area contributed by atoms with Crippen LogP contribution in [0, 0.1) is 5.82 Å². The minimum Gasteiger partial charge on any atom is -0.370 e. The third-order valence-electron chi connectivity index (χ3n) is 2.39. The molecule has 2 rings (SSSR count). The number of nitrogens with one attached hydrogen (secondary N) is 1. The molecule has 0 aliphatic carbocycles. The molecular formula is C13H15FN2OS. The van der Waals surface area contributed by atoms with Gasteiger partial charge < -0.3 is 10.1 Å². The zero-order chi connectivity index (χ0) is 12.8. The zero-order valence-electron chi connectivity index (χ0n) is 10.1. The van der Waals surface area contributed by atoms with Gasteiger partial charge >= 0.3 is 0 Å². The predicted octanol–water partition coefficient (Wildman–Crippen LogP) is 2.72. The van der Waals surface area contributed by atoms with E-state index in [2.05, 4.69) is 10.3 Å². The Balaban J connectivity index is 1.83. The SMILES string of the molecule is CNCc1nc(COCc2ccccc2F)cs1. The Morgan fingerprint density at radius 1 is 1.33 bits per heavy atom. The van der Waals surface area contributed by atoms with Crippen LogP contribution in [0.3, 0.4) is 0 Å². The Bertz CT molecular complexity index is 501. The molecule has 0 fully saturated rings. The minimum atomic E-state index is -0.230. The molecule has 0 spiro atoms. The maximum atomic E-state index is 13.3. The van der Waals surface area contributed by atoms with Crippen molar-refractivity contribution in [2.75, 3.05) is 7.05 Å². The van der Waals surface area contributed by atoms with Crippen LogP contribution in [0.5, 0.6) is 0 Å². The molecule has 0 atom stereocenters. The topological polar surface area (TPSA) is 34.2 Å². The Kier molecular flexibility index (Phi) is 4.81. The lowest BCUT2D eigenvalue weighted by Gasteiger charge is -2.03. The molecule has 0 amide bonds. The van der Waals surface area contributed by atoms with Gasteiger partial charge in [0, 0.05) is 17.5 Å². The highest BCUT2D eigenvalue weighted by molar-refractivity contribution is 7.09. The van der Waals surface area contributed by atoms with Crippen LogP contribution in [0.1, 0.15) is 16.3 Å². The smallest absolute Gasteiger partial charge is 0.128 e. The van der Waals surface area contributed by atoms with E-state index >= 15 is 0 Å². The second-order valence-electron chi connectivity index (χ2n) is 3.85. The van der Waals surface area contributed by atoms with Gasteiger partial charge in [0.1, 0.15) is 10.8 Å². The van der Waals surface area contributed by atoms with Crippen LogP contribution in [0.25, 0.3) is 0 Å². The predicted molar refractivity (Wildman–Crippen MR) is 69.8 cm³/mol. The molecule has 2 aromatic rings. The van der Waals surface area contributed by atoms with Gasteiger partial charge in [-0.1, -0.05) is 18.2 Å². The fourth-order valence-electron chi connectivity index (χ4n) is 1.53. The second-order valence-corrected chi connectivity index (χ2v) is 4.79. The molecule has 0 saturated heterocycles. The number of nitrogens with zero attached hydrogens (tertiary/aromatic N) is 1. The van der Waals surface area contributed by atoms with Crippen LogP contribution in [0.4, 0.5) is 4.39 Å². The van der Waals surface area contributed by atoms with Gasteiger partial charge in [-0.15, -0.1) is 11.3 Å². The first kappa shape index (κ1) is 13.1. The van der Waals surface area contributed by atoms with Crippen molar-refractivity contribution in [2.45, 2.75) is 19.8 Å². The van der Waals surface area contributed by atoms with Crippen LogP contribution in [0.15, 0.2) is 29.6 Å². The highest BCUT2D eigenvalue weighted by Crippen LogP contribution is 2.12. The van der Waals surface area contributed by atoms with E-state index in [0.717, 1.165) is 17.2 Å². The number of thiazole rings is 1. The highest BCUT2D eigenvalue weighted by Gasteiger charge is 2.03. The van der Waals surface area contributed by atoms with E-state index in [0.29, 0.717) is 12.2 Å². The van der Waals surface area contributed by atoms with Gasteiger partial charge in [-0.3, -0.25) is 0 Å². The van der Waals surface area contributed by atoms with Gasteiger partial charge in [0.15, 0.2) is 0 Å². The van der Waals surface area contributed by atoms with E-state index in [1.807, 2.05) is 12.4 Å². The van der Waals surface area contributed by atoms with Gasteiger partial charge in [0.05, 0.1) is 18.9 Å². The quantitative estimate of drug-likeness (QED) is 0.873. The van der Waals surface area contributed by atoms with Crippen molar-refractivity contribution in [2.24, 2.45) is 0 Å². The summed E-state index contributed by atoms with van der Waals surface area (Å²) in [6, 6.07) is 6.63. The minimum absolute atomic E-state index is 0.230. The summed E-state index contributed by atoms with van der Waals surface area (Å²) < 4.78 is 18.8. The standard InChI is InChI=1S/C13H15FN2OS/c1-15-6-13-16-11(9-18-13)8-17-7-10-4-2-3-5-12(10)14/h2-5,9,15H,6-8H2,1H3. The van der Waals surface area contributed by atoms with Crippen LogP contribution in [-0.2, 0) is 24.5 Å². The Morgan fingerprint density at radius 2 is 2.17 bits per heavy atom. The Labute approximate surface area is 110 Å². The number of hydrogen-bond donors (Lipinski definition) is 1. The fraction of sp³-hybridized carbons (Fsp3) is 0.308. The van der Waals surface area contributed by atoms with Gasteiger partial charge in [0.25, 0.3) is 0 Å². The maximum Gasteiger partial charge on any atom is 0.128 e. The van der Waals surface area contributed by atoms with Crippen LogP contribution in [0.2, 0.25) is 0 Å². The second kappa shape index (κ2) is 6.58. The van der Waals surface area contributed by atoms with Crippen molar-refractivity contribution in [3.8, 4) is 0 Å². The summed E-state index contributed by atoms with van der Waals surface area (Å²) in [7, 11) is 1.88. The van der Waals surface area contributed by atoms with Crippen LogP contribution >= 0.6 is 11.3 Å². The molecule has 0 radical (unpaired) electrons. The van der Waals surface area contributed by atoms with Gasteiger partial charge in [-0.25, -0.2) is 9.37 Å². The lowest BCUT2D eigenvalue weighted by atomic mass is 10.2. The molecule has 3 nitrogen and oxygen atoms in total. The summed E-state index contributed by atoms with van der Waals surface area (Å²) in [5, 5.41) is 6.04. The number of aromatic nitrogens is 1. The average molecular weight is 266 g/mol. The largest absolute Gasteiger partial charge is 0.370 e. The van der Waals surface area contributed by atoms with Crippen molar-refractivity contribution in [3.05, 3.63) is 51.7 Å². The van der Waals surface area contributed by atoms with Crippen LogP contribution < -0.4 is 5.32 Å². The fourth-order valence-corrected chi connectivity index (χ4v) is 2.32. The van der Waals surface area contributed by atoms with E-state index in [4.69, 9.17) is 4.74 Å². The summed E-state index contributed by atoms with van der Waals surface area (Å²) in [6.07, 6.45) is 0. The third-order valence-corrected chi connectivity index (χ3v) is 3.29. The first-order chi connectivity index (χ1) is 8.79. The van der Waals surface area contributed by atoms with E-state index in [9.17, 15) is 4.39 Å². The maximum absolute atomic E-state index is 13.3. The molecule has 1 aromatic carbocycles. The molecule has 1 N–H and O–H groups in total. The number of hydrogen-bond acceptors (Lipinski definition) is 4. The monoisotopic (exact) mass is 266 g/mol. The molecule has 1 aromatic heterocycles. The average Bonchev–Trinajstić information content (AvgIpc) is 2.80. The lowest BCUT2D eigenvalue weighted by molar-refractivity contribution is 0.102. The number of ether oxygens (including phenoxy) is 1. The van der Waals surface area contributed by atoms with Crippen molar-refractivity contribution >= 4 is 11.3 Å². The van der Waals surface area contributed by atoms with Gasteiger partial charge in [0.2, 0.25) is 0 Å². The van der Waals surface area contributed by atoms with E-state index < -0.39 is 0 Å². The molecule has 0 aliphatic heterocycles. The van der Waals surface area contributed by atoms with Gasteiger partial charge in [-0.05, 0) is 13.1 Å². The summed E-state index contributed by atoms with van der Waals surface area (Å²) in [5.41, 5.74) is 1.46. The molecule has 96 valence electrons. The first-order valence-corrected chi connectivity index (χ1v) is 6.56. The van der Waals surface area contributed by atoms with Crippen molar-refractivity contribution in [1.29, 1.82) is 0 Å². The van der Waals surface area contributed by atoms with Crippen molar-refractivity contribution in [1.82, 2.24) is 10.3 Å². The molecule has 0 bridgehead atoms. The normalized spacial score (nSPS) is 10.8. The van der Waals surface area contributed by atoms with Crippen molar-refractivity contribution in [3.63, 3.8) is 0 Å². The molecule has 0 saturated carbocycles. The zero-order valence-corrected chi connectivity index (χ0v) is 11.0. The molecule has 1 heterocycles. The molecule has 0 unspecified atom stereocenters. The summed E-state index contributed by atoms with van der Waals surface area (Å²) in [5.74, 6) is -0.230. The molecule has 0 aliphatic rings. The number of benzene rings is 1. The summed E-state index contributed by atoms with van der Waals surface area (Å²) in [6.45, 7) is 1.44. The molecule has 18 heavy (non-hydrogen) atoms.